The van der Waals surface area contributed by atoms with Gasteiger partial charge in [-0.25, -0.2) is 0 Å². The molecule has 1 aromatic heterocycles. The summed E-state index contributed by atoms with van der Waals surface area (Å²) in [5.74, 6) is 0.492. The van der Waals surface area contributed by atoms with E-state index in [1.54, 1.807) is 14.0 Å². The molecule has 0 unspecified atom stereocenters. The molecule has 1 aromatic rings. The van der Waals surface area contributed by atoms with Crippen LogP contribution in [-0.2, 0) is 12.4 Å². The van der Waals surface area contributed by atoms with Gasteiger partial charge in [-0.1, -0.05) is 15.9 Å². The number of hydrogen-bond acceptors (Lipinski definition) is 2. The predicted molar refractivity (Wildman–Crippen MR) is 59.9 cm³/mol. The van der Waals surface area contributed by atoms with E-state index in [1.165, 1.54) is 11.7 Å². The van der Waals surface area contributed by atoms with Crippen LogP contribution in [0.4, 0.5) is 19.0 Å². The van der Waals surface area contributed by atoms with Gasteiger partial charge in [-0.15, -0.1) is 0 Å². The summed E-state index contributed by atoms with van der Waals surface area (Å²) in [6, 6.07) is 0. The number of hydrogen-bond donors (Lipinski definition) is 0. The zero-order valence-corrected chi connectivity index (χ0v) is 10.9. The lowest BCUT2D eigenvalue weighted by Gasteiger charge is -2.21. The number of halogens is 4. The van der Waals surface area contributed by atoms with Crippen molar-refractivity contribution in [2.45, 2.75) is 18.4 Å². The Labute approximate surface area is 100 Å². The van der Waals surface area contributed by atoms with Crippen LogP contribution >= 0.6 is 15.9 Å². The Morgan fingerprint density at radius 1 is 1.44 bits per heavy atom. The van der Waals surface area contributed by atoms with Gasteiger partial charge in [0.15, 0.2) is 0 Å². The van der Waals surface area contributed by atoms with Gasteiger partial charge in [-0.3, -0.25) is 4.68 Å². The van der Waals surface area contributed by atoms with Crippen LogP contribution < -0.4 is 4.90 Å². The van der Waals surface area contributed by atoms with Gasteiger partial charge in [0.25, 0.3) is 0 Å². The average Bonchev–Trinajstić information content (AvgIpc) is 2.37. The normalized spacial score (nSPS) is 11.9. The maximum absolute atomic E-state index is 12.3. The van der Waals surface area contributed by atoms with Crippen LogP contribution in [0.15, 0.2) is 0 Å². The third-order valence-corrected chi connectivity index (χ3v) is 2.79. The van der Waals surface area contributed by atoms with Crippen molar-refractivity contribution in [2.75, 3.05) is 18.5 Å². The first kappa shape index (κ1) is 13.3. The third kappa shape index (κ3) is 2.90. The number of alkyl halides is 4. The van der Waals surface area contributed by atoms with E-state index in [0.29, 0.717) is 11.1 Å². The molecule has 1 heterocycles. The molecule has 0 amide bonds. The van der Waals surface area contributed by atoms with E-state index in [9.17, 15) is 13.2 Å². The van der Waals surface area contributed by atoms with E-state index in [4.69, 9.17) is 0 Å². The quantitative estimate of drug-likeness (QED) is 0.800. The molecule has 0 N–H and O–H groups in total. The van der Waals surface area contributed by atoms with Gasteiger partial charge in [-0.05, 0) is 6.92 Å². The molecule has 0 saturated heterocycles. The Morgan fingerprint density at radius 2 is 2.00 bits per heavy atom. The van der Waals surface area contributed by atoms with Crippen molar-refractivity contribution < 1.29 is 13.2 Å². The zero-order chi connectivity index (χ0) is 12.5. The number of anilines is 1. The van der Waals surface area contributed by atoms with Crippen LogP contribution in [0, 0.1) is 6.92 Å². The van der Waals surface area contributed by atoms with Crippen molar-refractivity contribution >= 4 is 21.7 Å². The fraction of sp³-hybridized carbons (Fsp3) is 0.667. The molecular formula is C9H13BrF3N3. The van der Waals surface area contributed by atoms with Crippen molar-refractivity contribution in [3.63, 3.8) is 0 Å². The Hall–Kier alpha value is -0.720. The van der Waals surface area contributed by atoms with Crippen molar-refractivity contribution in [3.8, 4) is 0 Å². The number of aromatic nitrogens is 2. The lowest BCUT2D eigenvalue weighted by Crippen LogP contribution is -2.32. The van der Waals surface area contributed by atoms with Crippen LogP contribution in [0.25, 0.3) is 0 Å². The fourth-order valence-corrected chi connectivity index (χ4v) is 2.32. The molecule has 0 aromatic carbocycles. The summed E-state index contributed by atoms with van der Waals surface area (Å²) in [6.07, 6.45) is -4.21. The van der Waals surface area contributed by atoms with Gasteiger partial charge in [0, 0.05) is 25.0 Å². The smallest absolute Gasteiger partial charge is 0.351 e. The third-order valence-electron chi connectivity index (χ3n) is 2.22. The fourth-order valence-electron chi connectivity index (χ4n) is 1.67. The molecule has 0 aliphatic rings. The molecular weight excluding hydrogens is 287 g/mol. The molecule has 3 nitrogen and oxygen atoms in total. The highest BCUT2D eigenvalue weighted by Gasteiger charge is 2.31. The minimum absolute atomic E-state index is 0.490. The van der Waals surface area contributed by atoms with Crippen LogP contribution in [-0.4, -0.2) is 29.5 Å². The summed E-state index contributed by atoms with van der Waals surface area (Å²) < 4.78 is 38.3. The highest BCUT2D eigenvalue weighted by Crippen LogP contribution is 2.27. The molecule has 7 heteroatoms. The van der Waals surface area contributed by atoms with Gasteiger partial charge < -0.3 is 4.90 Å². The minimum atomic E-state index is -4.21. The van der Waals surface area contributed by atoms with E-state index in [-0.39, 0.29) is 0 Å². The van der Waals surface area contributed by atoms with E-state index >= 15 is 0 Å². The molecule has 0 aliphatic carbocycles. The van der Waals surface area contributed by atoms with E-state index in [0.717, 1.165) is 16.2 Å². The summed E-state index contributed by atoms with van der Waals surface area (Å²) >= 11 is 3.26. The summed E-state index contributed by atoms with van der Waals surface area (Å²) in [5, 5.41) is 4.60. The lowest BCUT2D eigenvalue weighted by atomic mass is 10.2. The topological polar surface area (TPSA) is 21.1 Å². The standard InChI is InChI=1S/C9H13BrF3N3/c1-6-7(4-10)8(16(3)14-6)15(2)5-9(11,12)13/h4-5H2,1-3H3. The van der Waals surface area contributed by atoms with Crippen LogP contribution in [0.3, 0.4) is 0 Å². The zero-order valence-electron chi connectivity index (χ0n) is 9.27. The van der Waals surface area contributed by atoms with Gasteiger partial charge in [0.05, 0.1) is 5.69 Å². The summed E-state index contributed by atoms with van der Waals surface area (Å²) in [5.41, 5.74) is 1.53. The Kier molecular flexibility index (Phi) is 3.88. The molecule has 0 radical (unpaired) electrons. The van der Waals surface area contributed by atoms with E-state index < -0.39 is 12.7 Å². The van der Waals surface area contributed by atoms with Crippen molar-refractivity contribution in [1.29, 1.82) is 0 Å². The molecule has 92 valence electrons. The first-order valence-electron chi connectivity index (χ1n) is 4.62. The predicted octanol–water partition coefficient (Wildman–Crippen LogP) is 2.62. The molecule has 0 saturated carbocycles. The summed E-state index contributed by atoms with van der Waals surface area (Å²) in [4.78, 5) is 1.16. The maximum atomic E-state index is 12.3. The Bertz CT molecular complexity index is 373. The van der Waals surface area contributed by atoms with Crippen LogP contribution in [0.5, 0.6) is 0 Å². The first-order chi connectivity index (χ1) is 7.26. The number of nitrogens with zero attached hydrogens (tertiary/aromatic N) is 3. The largest absolute Gasteiger partial charge is 0.405 e. The van der Waals surface area contributed by atoms with Gasteiger partial charge in [-0.2, -0.15) is 18.3 Å². The molecule has 0 atom stereocenters. The molecule has 1 rings (SSSR count). The molecule has 0 fully saturated rings. The van der Waals surface area contributed by atoms with Crippen molar-refractivity contribution in [1.82, 2.24) is 9.78 Å². The van der Waals surface area contributed by atoms with Crippen LogP contribution in [0.1, 0.15) is 11.3 Å². The highest BCUT2D eigenvalue weighted by atomic mass is 79.9. The van der Waals surface area contributed by atoms with Gasteiger partial charge >= 0.3 is 6.18 Å². The second kappa shape index (κ2) is 4.65. The number of rotatable bonds is 3. The van der Waals surface area contributed by atoms with E-state index in [2.05, 4.69) is 21.0 Å². The molecule has 16 heavy (non-hydrogen) atoms. The molecule has 0 bridgehead atoms. The van der Waals surface area contributed by atoms with Gasteiger partial charge in [0.2, 0.25) is 0 Å². The highest BCUT2D eigenvalue weighted by molar-refractivity contribution is 9.08. The monoisotopic (exact) mass is 299 g/mol. The second-order valence-electron chi connectivity index (χ2n) is 3.62. The SMILES string of the molecule is Cc1nn(C)c(N(C)CC(F)(F)F)c1CBr. The lowest BCUT2D eigenvalue weighted by molar-refractivity contribution is -0.119. The number of aryl methyl sites for hydroxylation is 2. The Morgan fingerprint density at radius 3 is 2.44 bits per heavy atom. The van der Waals surface area contributed by atoms with Gasteiger partial charge in [0.1, 0.15) is 12.4 Å². The molecule has 0 aliphatic heterocycles. The average molecular weight is 300 g/mol. The Balaban J connectivity index is 3.03. The first-order valence-corrected chi connectivity index (χ1v) is 5.74. The second-order valence-corrected chi connectivity index (χ2v) is 4.18. The van der Waals surface area contributed by atoms with Crippen LogP contribution in [0.2, 0.25) is 0 Å². The summed E-state index contributed by atoms with van der Waals surface area (Å²) in [7, 11) is 3.05. The van der Waals surface area contributed by atoms with E-state index in [1.807, 2.05) is 0 Å². The molecule has 0 spiro atoms. The minimum Gasteiger partial charge on any atom is -0.351 e. The van der Waals surface area contributed by atoms with Crippen molar-refractivity contribution in [2.24, 2.45) is 7.05 Å². The summed E-state index contributed by atoms with van der Waals surface area (Å²) in [6.45, 7) is 0.799. The maximum Gasteiger partial charge on any atom is 0.405 e. The van der Waals surface area contributed by atoms with Crippen molar-refractivity contribution in [3.05, 3.63) is 11.3 Å².